The van der Waals surface area contributed by atoms with Gasteiger partial charge in [-0.3, -0.25) is 19.1 Å². The van der Waals surface area contributed by atoms with E-state index in [4.69, 9.17) is 11.6 Å². The SMILES string of the molecule is Cc1cc(C)n([C@H](C)C(=O)Nc2ccc(NC(=O)c3ccc4c(c3)NC(=O)[C@H](C)S4)cc2Cl)n1. The van der Waals surface area contributed by atoms with Crippen LogP contribution >= 0.6 is 23.4 Å². The summed E-state index contributed by atoms with van der Waals surface area (Å²) in [4.78, 5) is 38.3. The molecule has 4 rings (SSSR count). The van der Waals surface area contributed by atoms with E-state index in [9.17, 15) is 14.4 Å². The molecular formula is C24H24ClN5O3S. The number of fused-ring (bicyclic) bond motifs is 1. The highest BCUT2D eigenvalue weighted by Crippen LogP contribution is 2.36. The van der Waals surface area contributed by atoms with Crippen LogP contribution in [0.2, 0.25) is 5.02 Å². The molecule has 1 aromatic heterocycles. The maximum Gasteiger partial charge on any atom is 0.255 e. The summed E-state index contributed by atoms with van der Waals surface area (Å²) in [6.45, 7) is 7.36. The van der Waals surface area contributed by atoms with Gasteiger partial charge in [-0.2, -0.15) is 5.10 Å². The van der Waals surface area contributed by atoms with Crippen molar-refractivity contribution in [1.29, 1.82) is 0 Å². The molecule has 0 saturated carbocycles. The molecule has 34 heavy (non-hydrogen) atoms. The molecule has 176 valence electrons. The molecule has 0 aliphatic carbocycles. The number of aryl methyl sites for hydroxylation is 2. The minimum absolute atomic E-state index is 0.0911. The Morgan fingerprint density at radius 3 is 2.59 bits per heavy atom. The zero-order valence-corrected chi connectivity index (χ0v) is 20.7. The fourth-order valence-electron chi connectivity index (χ4n) is 3.63. The van der Waals surface area contributed by atoms with Gasteiger partial charge >= 0.3 is 0 Å². The molecule has 0 bridgehead atoms. The minimum Gasteiger partial charge on any atom is -0.324 e. The number of nitrogens with one attached hydrogen (secondary N) is 3. The van der Waals surface area contributed by atoms with Crippen LogP contribution in [0.25, 0.3) is 0 Å². The molecule has 3 N–H and O–H groups in total. The maximum absolute atomic E-state index is 12.7. The predicted octanol–water partition coefficient (Wildman–Crippen LogP) is 5.04. The lowest BCUT2D eigenvalue weighted by Gasteiger charge is -2.21. The van der Waals surface area contributed by atoms with E-state index in [0.717, 1.165) is 16.3 Å². The highest BCUT2D eigenvalue weighted by Gasteiger charge is 2.24. The average Bonchev–Trinajstić information content (AvgIpc) is 3.13. The molecular weight excluding hydrogens is 474 g/mol. The number of aromatic nitrogens is 2. The lowest BCUT2D eigenvalue weighted by molar-refractivity contribution is -0.119. The zero-order valence-electron chi connectivity index (χ0n) is 19.1. The van der Waals surface area contributed by atoms with Crippen LogP contribution in [0.5, 0.6) is 0 Å². The second-order valence-corrected chi connectivity index (χ2v) is 9.94. The zero-order chi connectivity index (χ0) is 24.6. The summed E-state index contributed by atoms with van der Waals surface area (Å²) in [5, 5.41) is 12.9. The van der Waals surface area contributed by atoms with E-state index in [-0.39, 0.29) is 28.0 Å². The van der Waals surface area contributed by atoms with Crippen LogP contribution in [0.1, 0.15) is 41.6 Å². The number of amides is 3. The second-order valence-electron chi connectivity index (χ2n) is 8.15. The van der Waals surface area contributed by atoms with Gasteiger partial charge in [-0.15, -0.1) is 11.8 Å². The first-order valence-electron chi connectivity index (χ1n) is 10.7. The quantitative estimate of drug-likeness (QED) is 0.458. The molecule has 10 heteroatoms. The van der Waals surface area contributed by atoms with Crippen LogP contribution in [0, 0.1) is 13.8 Å². The molecule has 2 heterocycles. The van der Waals surface area contributed by atoms with Crippen molar-refractivity contribution in [2.45, 2.75) is 43.9 Å². The van der Waals surface area contributed by atoms with Crippen molar-refractivity contribution in [3.63, 3.8) is 0 Å². The van der Waals surface area contributed by atoms with E-state index in [0.29, 0.717) is 22.6 Å². The van der Waals surface area contributed by atoms with Crippen LogP contribution < -0.4 is 16.0 Å². The van der Waals surface area contributed by atoms with Crippen molar-refractivity contribution in [2.75, 3.05) is 16.0 Å². The summed E-state index contributed by atoms with van der Waals surface area (Å²) in [6, 6.07) is 11.4. The van der Waals surface area contributed by atoms with Crippen molar-refractivity contribution >= 4 is 58.1 Å². The third kappa shape index (κ3) is 4.95. The van der Waals surface area contributed by atoms with Crippen molar-refractivity contribution in [1.82, 2.24) is 9.78 Å². The summed E-state index contributed by atoms with van der Waals surface area (Å²) in [5.41, 5.74) is 3.66. The first-order valence-corrected chi connectivity index (χ1v) is 11.9. The normalized spacial score (nSPS) is 15.8. The Hall–Kier alpha value is -3.30. The van der Waals surface area contributed by atoms with E-state index in [1.807, 2.05) is 32.9 Å². The Balaban J connectivity index is 1.44. The Kier molecular flexibility index (Phi) is 6.67. The fourth-order valence-corrected chi connectivity index (χ4v) is 4.79. The predicted molar refractivity (Wildman–Crippen MR) is 135 cm³/mol. The van der Waals surface area contributed by atoms with Crippen LogP contribution in [0.3, 0.4) is 0 Å². The molecule has 8 nitrogen and oxygen atoms in total. The third-order valence-corrected chi connectivity index (χ3v) is 6.94. The molecule has 2 atom stereocenters. The van der Waals surface area contributed by atoms with E-state index < -0.39 is 6.04 Å². The van der Waals surface area contributed by atoms with Gasteiger partial charge in [-0.05, 0) is 70.2 Å². The van der Waals surface area contributed by atoms with Gasteiger partial charge in [0.05, 0.1) is 27.3 Å². The van der Waals surface area contributed by atoms with Crippen LogP contribution in [0.4, 0.5) is 17.1 Å². The smallest absolute Gasteiger partial charge is 0.255 e. The molecule has 2 aromatic carbocycles. The fraction of sp³-hybridized carbons (Fsp3) is 0.250. The molecule has 1 aliphatic rings. The number of carbonyl (C=O) groups is 3. The topological polar surface area (TPSA) is 105 Å². The van der Waals surface area contributed by atoms with Crippen LogP contribution in [0.15, 0.2) is 47.4 Å². The van der Waals surface area contributed by atoms with Crippen molar-refractivity contribution in [3.8, 4) is 0 Å². The van der Waals surface area contributed by atoms with Gasteiger partial charge in [0.1, 0.15) is 6.04 Å². The number of halogens is 1. The Morgan fingerprint density at radius 2 is 1.91 bits per heavy atom. The highest BCUT2D eigenvalue weighted by atomic mass is 35.5. The molecule has 0 radical (unpaired) electrons. The lowest BCUT2D eigenvalue weighted by Crippen LogP contribution is -2.26. The van der Waals surface area contributed by atoms with E-state index in [1.54, 1.807) is 41.9 Å². The highest BCUT2D eigenvalue weighted by molar-refractivity contribution is 8.00. The van der Waals surface area contributed by atoms with Crippen molar-refractivity contribution in [3.05, 3.63) is 64.4 Å². The minimum atomic E-state index is -0.519. The Bertz CT molecular complexity index is 1310. The molecule has 0 saturated heterocycles. The first-order chi connectivity index (χ1) is 16.1. The number of rotatable bonds is 5. The van der Waals surface area contributed by atoms with Gasteiger partial charge < -0.3 is 16.0 Å². The number of carbonyl (C=O) groups excluding carboxylic acids is 3. The molecule has 0 fully saturated rings. The Labute approximate surface area is 206 Å². The van der Waals surface area contributed by atoms with E-state index >= 15 is 0 Å². The van der Waals surface area contributed by atoms with Crippen LogP contribution in [-0.4, -0.2) is 32.8 Å². The summed E-state index contributed by atoms with van der Waals surface area (Å²) in [6.07, 6.45) is 0. The average molecular weight is 498 g/mol. The number of thioether (sulfide) groups is 1. The standard InChI is InChI=1S/C24H24ClN5O3S/c1-12-9-13(2)30(29-12)14(3)22(31)27-19-7-6-17(11-18(19)25)26-24(33)16-5-8-21-20(10-16)28-23(32)15(4)34-21/h5-11,14-15H,1-4H3,(H,26,33)(H,27,31)(H,28,32)/t14-,15+/m1/s1. The lowest BCUT2D eigenvalue weighted by atomic mass is 10.1. The van der Waals surface area contributed by atoms with Crippen LogP contribution in [-0.2, 0) is 9.59 Å². The monoisotopic (exact) mass is 497 g/mol. The molecule has 1 aliphatic heterocycles. The van der Waals surface area contributed by atoms with E-state index in [2.05, 4.69) is 21.0 Å². The maximum atomic E-state index is 12.7. The van der Waals surface area contributed by atoms with Crippen molar-refractivity contribution in [2.24, 2.45) is 0 Å². The number of nitrogens with zero attached hydrogens (tertiary/aromatic N) is 2. The summed E-state index contributed by atoms with van der Waals surface area (Å²) in [5.74, 6) is -0.688. The summed E-state index contributed by atoms with van der Waals surface area (Å²) in [7, 11) is 0. The summed E-state index contributed by atoms with van der Waals surface area (Å²) >= 11 is 7.83. The van der Waals surface area contributed by atoms with Gasteiger partial charge in [0.2, 0.25) is 11.8 Å². The third-order valence-electron chi connectivity index (χ3n) is 5.45. The molecule has 0 spiro atoms. The second kappa shape index (κ2) is 9.52. The van der Waals surface area contributed by atoms with Crippen molar-refractivity contribution < 1.29 is 14.4 Å². The van der Waals surface area contributed by atoms with Gasteiger partial charge in [0.25, 0.3) is 5.91 Å². The van der Waals surface area contributed by atoms with Gasteiger partial charge in [-0.25, -0.2) is 0 Å². The Morgan fingerprint density at radius 1 is 1.15 bits per heavy atom. The van der Waals surface area contributed by atoms with Gasteiger partial charge in [-0.1, -0.05) is 11.6 Å². The number of benzene rings is 2. The first kappa shape index (κ1) is 23.8. The van der Waals surface area contributed by atoms with Gasteiger partial charge in [0.15, 0.2) is 0 Å². The largest absolute Gasteiger partial charge is 0.324 e. The molecule has 3 aromatic rings. The van der Waals surface area contributed by atoms with E-state index in [1.165, 1.54) is 11.8 Å². The number of anilines is 3. The number of hydrogen-bond acceptors (Lipinski definition) is 5. The molecule has 0 unspecified atom stereocenters. The number of hydrogen-bond donors (Lipinski definition) is 3. The van der Waals surface area contributed by atoms with Gasteiger partial charge in [0, 0.05) is 21.8 Å². The molecule has 3 amide bonds. The summed E-state index contributed by atoms with van der Waals surface area (Å²) < 4.78 is 1.66.